The molecule has 3 N–H and O–H groups in total. The van der Waals surface area contributed by atoms with Gasteiger partial charge in [-0.3, -0.25) is 4.79 Å². The van der Waals surface area contributed by atoms with Gasteiger partial charge in [-0.1, -0.05) is 13.0 Å². The van der Waals surface area contributed by atoms with E-state index in [1.54, 1.807) is 0 Å². The van der Waals surface area contributed by atoms with Gasteiger partial charge in [0, 0.05) is 12.1 Å². The Morgan fingerprint density at radius 1 is 1.39 bits per heavy atom. The van der Waals surface area contributed by atoms with Gasteiger partial charge in [-0.25, -0.2) is 8.78 Å². The third-order valence-corrected chi connectivity index (χ3v) is 2.71. The first-order valence-corrected chi connectivity index (χ1v) is 5.94. The summed E-state index contributed by atoms with van der Waals surface area (Å²) in [5, 5.41) is 2.64. The normalized spacial score (nSPS) is 12.2. The van der Waals surface area contributed by atoms with E-state index in [0.29, 0.717) is 13.1 Å². The Balaban J connectivity index is 2.50. The van der Waals surface area contributed by atoms with Crippen molar-refractivity contribution in [1.29, 1.82) is 0 Å². The Morgan fingerprint density at radius 3 is 2.56 bits per heavy atom. The molecule has 0 spiro atoms. The lowest BCUT2D eigenvalue weighted by molar-refractivity contribution is -0.120. The van der Waals surface area contributed by atoms with Gasteiger partial charge in [-0.15, -0.1) is 0 Å². The first kappa shape index (κ1) is 14.6. The summed E-state index contributed by atoms with van der Waals surface area (Å²) >= 11 is 0. The van der Waals surface area contributed by atoms with Crippen LogP contribution in [0.1, 0.15) is 18.9 Å². The van der Waals surface area contributed by atoms with Crippen molar-refractivity contribution in [2.75, 3.05) is 13.1 Å². The van der Waals surface area contributed by atoms with Crippen LogP contribution >= 0.6 is 0 Å². The van der Waals surface area contributed by atoms with E-state index in [1.807, 2.05) is 6.92 Å². The van der Waals surface area contributed by atoms with Gasteiger partial charge in [-0.2, -0.15) is 0 Å². The van der Waals surface area contributed by atoms with E-state index in [2.05, 4.69) is 5.32 Å². The van der Waals surface area contributed by atoms with Crippen molar-refractivity contribution in [3.8, 4) is 0 Å². The molecule has 0 bridgehead atoms. The predicted molar refractivity (Wildman–Crippen MR) is 65.9 cm³/mol. The molecule has 0 saturated carbocycles. The van der Waals surface area contributed by atoms with Gasteiger partial charge in [0.2, 0.25) is 5.91 Å². The molecule has 0 aliphatic carbocycles. The zero-order valence-corrected chi connectivity index (χ0v) is 10.4. The van der Waals surface area contributed by atoms with Crippen LogP contribution in [0.3, 0.4) is 0 Å². The topological polar surface area (TPSA) is 55.1 Å². The summed E-state index contributed by atoms with van der Waals surface area (Å²) in [6, 6.07) is 3.56. The summed E-state index contributed by atoms with van der Waals surface area (Å²) in [4.78, 5) is 11.5. The number of halogens is 2. The Morgan fingerprint density at radius 2 is 2.00 bits per heavy atom. The Hall–Kier alpha value is -1.49. The van der Waals surface area contributed by atoms with E-state index in [1.165, 1.54) is 6.07 Å². The fourth-order valence-corrected chi connectivity index (χ4v) is 1.60. The molecule has 1 atom stereocenters. The lowest BCUT2D eigenvalue weighted by atomic mass is 10.1. The van der Waals surface area contributed by atoms with E-state index in [9.17, 15) is 13.6 Å². The van der Waals surface area contributed by atoms with Crippen LogP contribution in [0.4, 0.5) is 8.78 Å². The average Bonchev–Trinajstić information content (AvgIpc) is 2.32. The van der Waals surface area contributed by atoms with E-state index >= 15 is 0 Å². The molecule has 1 rings (SSSR count). The van der Waals surface area contributed by atoms with Crippen molar-refractivity contribution >= 4 is 5.91 Å². The van der Waals surface area contributed by atoms with Gasteiger partial charge >= 0.3 is 0 Å². The van der Waals surface area contributed by atoms with Crippen LogP contribution < -0.4 is 11.1 Å². The minimum absolute atomic E-state index is 0.193. The van der Waals surface area contributed by atoms with Crippen molar-refractivity contribution in [2.45, 2.75) is 19.8 Å². The second kappa shape index (κ2) is 7.06. The largest absolute Gasteiger partial charge is 0.356 e. The number of carbonyl (C=O) groups is 1. The number of carbonyl (C=O) groups excluding carboxylic acids is 1. The molecule has 1 aromatic carbocycles. The number of benzene rings is 1. The Kier molecular flexibility index (Phi) is 5.71. The van der Waals surface area contributed by atoms with Gasteiger partial charge in [0.1, 0.15) is 11.6 Å². The molecular weight excluding hydrogens is 238 g/mol. The molecule has 0 aromatic heterocycles. The summed E-state index contributed by atoms with van der Waals surface area (Å²) in [6.07, 6.45) is 0.516. The standard InChI is InChI=1S/C13H18F2N2O/c1-9(5-6-16)8-17-13(18)7-10-11(14)3-2-4-12(10)15/h2-4,9H,5-8,16H2,1H3,(H,17,18). The highest BCUT2D eigenvalue weighted by Crippen LogP contribution is 2.12. The molecule has 1 amide bonds. The maximum atomic E-state index is 13.3. The molecule has 18 heavy (non-hydrogen) atoms. The van der Waals surface area contributed by atoms with Crippen LogP contribution in [0, 0.1) is 17.6 Å². The van der Waals surface area contributed by atoms with Crippen LogP contribution in [-0.2, 0) is 11.2 Å². The highest BCUT2D eigenvalue weighted by Gasteiger charge is 2.13. The smallest absolute Gasteiger partial charge is 0.224 e. The van der Waals surface area contributed by atoms with Crippen molar-refractivity contribution in [1.82, 2.24) is 5.32 Å². The van der Waals surface area contributed by atoms with Crippen molar-refractivity contribution in [2.24, 2.45) is 11.7 Å². The van der Waals surface area contributed by atoms with Gasteiger partial charge in [0.25, 0.3) is 0 Å². The van der Waals surface area contributed by atoms with Crippen LogP contribution in [0.5, 0.6) is 0 Å². The van der Waals surface area contributed by atoms with Crippen LogP contribution in [0.2, 0.25) is 0 Å². The van der Waals surface area contributed by atoms with Crippen LogP contribution in [-0.4, -0.2) is 19.0 Å². The second-order valence-corrected chi connectivity index (χ2v) is 4.36. The van der Waals surface area contributed by atoms with Crippen molar-refractivity contribution < 1.29 is 13.6 Å². The number of nitrogens with two attached hydrogens (primary N) is 1. The Bertz CT molecular complexity index is 390. The highest BCUT2D eigenvalue weighted by atomic mass is 19.1. The molecule has 0 aliphatic rings. The summed E-state index contributed by atoms with van der Waals surface area (Å²) in [5.74, 6) is -1.52. The van der Waals surface area contributed by atoms with E-state index in [4.69, 9.17) is 5.73 Å². The molecule has 5 heteroatoms. The van der Waals surface area contributed by atoms with Crippen LogP contribution in [0.25, 0.3) is 0 Å². The molecule has 0 fully saturated rings. The third kappa shape index (κ3) is 4.41. The SMILES string of the molecule is CC(CCN)CNC(=O)Cc1c(F)cccc1F. The fraction of sp³-hybridized carbons (Fsp3) is 0.462. The molecule has 100 valence electrons. The summed E-state index contributed by atoms with van der Waals surface area (Å²) in [7, 11) is 0. The Labute approximate surface area is 105 Å². The molecule has 0 saturated heterocycles. The third-order valence-electron chi connectivity index (χ3n) is 2.71. The van der Waals surface area contributed by atoms with E-state index in [0.717, 1.165) is 18.6 Å². The number of nitrogens with one attached hydrogen (secondary N) is 1. The molecule has 1 aromatic rings. The molecule has 3 nitrogen and oxygen atoms in total. The monoisotopic (exact) mass is 256 g/mol. The molecule has 1 unspecified atom stereocenters. The number of hydrogen-bond donors (Lipinski definition) is 2. The second-order valence-electron chi connectivity index (χ2n) is 4.36. The number of rotatable bonds is 6. The van der Waals surface area contributed by atoms with Crippen LogP contribution in [0.15, 0.2) is 18.2 Å². The first-order chi connectivity index (χ1) is 8.54. The summed E-state index contributed by atoms with van der Waals surface area (Å²) < 4.78 is 26.6. The lowest BCUT2D eigenvalue weighted by Gasteiger charge is -2.11. The van der Waals surface area contributed by atoms with Gasteiger partial charge in [-0.05, 0) is 31.0 Å². The summed E-state index contributed by atoms with van der Waals surface area (Å²) in [6.45, 7) is 2.97. The average molecular weight is 256 g/mol. The zero-order chi connectivity index (χ0) is 13.5. The molecular formula is C13H18F2N2O. The van der Waals surface area contributed by atoms with Crippen molar-refractivity contribution in [3.63, 3.8) is 0 Å². The predicted octanol–water partition coefficient (Wildman–Crippen LogP) is 1.61. The van der Waals surface area contributed by atoms with E-state index in [-0.39, 0.29) is 23.8 Å². The van der Waals surface area contributed by atoms with Gasteiger partial charge < -0.3 is 11.1 Å². The zero-order valence-electron chi connectivity index (χ0n) is 10.4. The maximum absolute atomic E-state index is 13.3. The lowest BCUT2D eigenvalue weighted by Crippen LogP contribution is -2.30. The van der Waals surface area contributed by atoms with E-state index < -0.39 is 11.6 Å². The highest BCUT2D eigenvalue weighted by molar-refractivity contribution is 5.78. The quantitative estimate of drug-likeness (QED) is 0.812. The van der Waals surface area contributed by atoms with Gasteiger partial charge in [0.05, 0.1) is 6.42 Å². The number of hydrogen-bond acceptors (Lipinski definition) is 2. The first-order valence-electron chi connectivity index (χ1n) is 5.94. The minimum Gasteiger partial charge on any atom is -0.356 e. The maximum Gasteiger partial charge on any atom is 0.224 e. The minimum atomic E-state index is -0.694. The van der Waals surface area contributed by atoms with Crippen molar-refractivity contribution in [3.05, 3.63) is 35.4 Å². The molecule has 0 heterocycles. The molecule has 0 aliphatic heterocycles. The number of amides is 1. The summed E-state index contributed by atoms with van der Waals surface area (Å²) in [5.41, 5.74) is 5.19. The fourth-order valence-electron chi connectivity index (χ4n) is 1.60. The van der Waals surface area contributed by atoms with Gasteiger partial charge in [0.15, 0.2) is 0 Å². The molecule has 0 radical (unpaired) electrons.